The second-order valence-corrected chi connectivity index (χ2v) is 5.05. The fourth-order valence-corrected chi connectivity index (χ4v) is 2.61. The lowest BCUT2D eigenvalue weighted by atomic mass is 10.1. The molecule has 2 N–H and O–H groups in total. The van der Waals surface area contributed by atoms with Crippen LogP contribution in [0.3, 0.4) is 0 Å². The monoisotopic (exact) mass is 305 g/mol. The molecular formula is C16H11N5O2. The van der Waals surface area contributed by atoms with E-state index in [1.165, 1.54) is 17.0 Å². The van der Waals surface area contributed by atoms with Crippen molar-refractivity contribution in [2.75, 3.05) is 5.84 Å². The summed E-state index contributed by atoms with van der Waals surface area (Å²) in [6.45, 7) is 0. The summed E-state index contributed by atoms with van der Waals surface area (Å²) in [6.07, 6.45) is 6.10. The molecule has 0 atom stereocenters. The fourth-order valence-electron chi connectivity index (χ4n) is 2.61. The summed E-state index contributed by atoms with van der Waals surface area (Å²) in [7, 11) is 0. The van der Waals surface area contributed by atoms with Gasteiger partial charge in [0.1, 0.15) is 5.82 Å². The molecule has 0 amide bonds. The first kappa shape index (κ1) is 13.2. The molecule has 4 rings (SSSR count). The third-order valence-corrected chi connectivity index (χ3v) is 3.73. The highest BCUT2D eigenvalue weighted by Crippen LogP contribution is 2.18. The van der Waals surface area contributed by atoms with Crippen LogP contribution >= 0.6 is 0 Å². The second kappa shape index (κ2) is 4.77. The largest absolute Gasteiger partial charge is 0.336 e. The van der Waals surface area contributed by atoms with Crippen LogP contribution in [0, 0.1) is 0 Å². The van der Waals surface area contributed by atoms with Crippen molar-refractivity contribution in [3.05, 3.63) is 75.8 Å². The molecule has 0 aliphatic carbocycles. The molecule has 7 heteroatoms. The van der Waals surface area contributed by atoms with E-state index in [0.29, 0.717) is 27.5 Å². The molecule has 23 heavy (non-hydrogen) atoms. The standard InChI is InChI=1S/C16H11N5O2/c17-21-8-4-10-11(15(21)22)9-19-12-5-7-20(16(23)14(10)12)13-3-1-2-6-18-13/h1-9H,17H2. The number of pyridine rings is 4. The van der Waals surface area contributed by atoms with Crippen LogP contribution in [0.15, 0.2) is 64.7 Å². The van der Waals surface area contributed by atoms with Crippen LogP contribution in [0.5, 0.6) is 0 Å². The Morgan fingerprint density at radius 1 is 0.913 bits per heavy atom. The topological polar surface area (TPSA) is 95.8 Å². The molecule has 0 aliphatic heterocycles. The molecule has 0 spiro atoms. The lowest BCUT2D eigenvalue weighted by molar-refractivity contribution is 0.947. The zero-order valence-corrected chi connectivity index (χ0v) is 11.9. The van der Waals surface area contributed by atoms with E-state index in [0.717, 1.165) is 4.68 Å². The predicted octanol–water partition coefficient (Wildman–Crippen LogP) is 0.809. The number of nitrogen functional groups attached to an aromatic ring is 1. The normalized spacial score (nSPS) is 11.1. The van der Waals surface area contributed by atoms with Crippen LogP contribution in [0.2, 0.25) is 0 Å². The Bertz CT molecular complexity index is 1160. The van der Waals surface area contributed by atoms with Crippen molar-refractivity contribution < 1.29 is 0 Å². The van der Waals surface area contributed by atoms with Crippen molar-refractivity contribution in [3.63, 3.8) is 0 Å². The highest BCUT2D eigenvalue weighted by atomic mass is 16.1. The Labute approximate surface area is 129 Å². The van der Waals surface area contributed by atoms with Gasteiger partial charge in [-0.2, -0.15) is 0 Å². The molecule has 0 saturated carbocycles. The zero-order valence-electron chi connectivity index (χ0n) is 11.9. The molecule has 4 aromatic rings. The minimum Gasteiger partial charge on any atom is -0.336 e. The maximum Gasteiger partial charge on any atom is 0.278 e. The van der Waals surface area contributed by atoms with Crippen molar-refractivity contribution in [1.29, 1.82) is 0 Å². The van der Waals surface area contributed by atoms with Gasteiger partial charge in [0.2, 0.25) is 0 Å². The Morgan fingerprint density at radius 2 is 1.78 bits per heavy atom. The highest BCUT2D eigenvalue weighted by Gasteiger charge is 2.12. The van der Waals surface area contributed by atoms with Crippen molar-refractivity contribution in [3.8, 4) is 5.82 Å². The molecule has 0 saturated heterocycles. The number of nitrogens with zero attached hydrogens (tertiary/aromatic N) is 4. The summed E-state index contributed by atoms with van der Waals surface area (Å²) in [5.74, 6) is 6.08. The highest BCUT2D eigenvalue weighted by molar-refractivity contribution is 6.04. The maximum atomic E-state index is 12.9. The van der Waals surface area contributed by atoms with Gasteiger partial charge in [0.25, 0.3) is 11.1 Å². The SMILES string of the molecule is Nn1ccc2c(cnc3ccn(-c4ccccn4)c(=O)c32)c1=O. The average molecular weight is 305 g/mol. The van der Waals surface area contributed by atoms with Gasteiger partial charge in [0.05, 0.1) is 16.3 Å². The Morgan fingerprint density at radius 3 is 2.57 bits per heavy atom. The van der Waals surface area contributed by atoms with E-state index < -0.39 is 5.56 Å². The van der Waals surface area contributed by atoms with Crippen LogP contribution in [0.25, 0.3) is 27.5 Å². The first-order chi connectivity index (χ1) is 11.2. The molecule has 0 fully saturated rings. The lowest BCUT2D eigenvalue weighted by Gasteiger charge is -2.08. The van der Waals surface area contributed by atoms with Gasteiger partial charge in [0, 0.05) is 30.2 Å². The average Bonchev–Trinajstić information content (AvgIpc) is 2.59. The molecular weight excluding hydrogens is 294 g/mol. The summed E-state index contributed by atoms with van der Waals surface area (Å²) < 4.78 is 2.40. The van der Waals surface area contributed by atoms with Crippen LogP contribution in [-0.4, -0.2) is 19.2 Å². The molecule has 4 aromatic heterocycles. The van der Waals surface area contributed by atoms with E-state index in [1.54, 1.807) is 42.7 Å². The number of aromatic nitrogens is 4. The fraction of sp³-hybridized carbons (Fsp3) is 0. The van der Waals surface area contributed by atoms with Crippen molar-refractivity contribution in [1.82, 2.24) is 19.2 Å². The second-order valence-electron chi connectivity index (χ2n) is 5.05. The van der Waals surface area contributed by atoms with Crippen LogP contribution < -0.4 is 17.0 Å². The maximum absolute atomic E-state index is 12.9. The third kappa shape index (κ3) is 1.90. The van der Waals surface area contributed by atoms with E-state index >= 15 is 0 Å². The van der Waals surface area contributed by atoms with Gasteiger partial charge in [-0.25, -0.2) is 9.66 Å². The summed E-state index contributed by atoms with van der Waals surface area (Å²) in [5.41, 5.74) is -0.165. The Balaban J connectivity index is 2.18. The third-order valence-electron chi connectivity index (χ3n) is 3.73. The first-order valence-electron chi connectivity index (χ1n) is 6.89. The van der Waals surface area contributed by atoms with Gasteiger partial charge in [-0.05, 0) is 24.3 Å². The van der Waals surface area contributed by atoms with E-state index in [1.807, 2.05) is 0 Å². The van der Waals surface area contributed by atoms with E-state index in [9.17, 15) is 9.59 Å². The number of nitrogens with two attached hydrogens (primary N) is 1. The first-order valence-corrected chi connectivity index (χ1v) is 6.89. The predicted molar refractivity (Wildman–Crippen MR) is 87.1 cm³/mol. The molecule has 0 unspecified atom stereocenters. The van der Waals surface area contributed by atoms with E-state index in [2.05, 4.69) is 9.97 Å². The van der Waals surface area contributed by atoms with Crippen molar-refractivity contribution in [2.45, 2.75) is 0 Å². The molecule has 0 aromatic carbocycles. The Kier molecular flexibility index (Phi) is 2.74. The molecule has 112 valence electrons. The summed E-state index contributed by atoms with van der Waals surface area (Å²) >= 11 is 0. The number of fused-ring (bicyclic) bond motifs is 3. The molecule has 0 bridgehead atoms. The van der Waals surface area contributed by atoms with Gasteiger partial charge in [-0.15, -0.1) is 0 Å². The van der Waals surface area contributed by atoms with Gasteiger partial charge in [-0.3, -0.25) is 19.1 Å². The summed E-state index contributed by atoms with van der Waals surface area (Å²) in [6, 6.07) is 8.67. The summed E-state index contributed by atoms with van der Waals surface area (Å²) in [5, 5.41) is 1.20. The van der Waals surface area contributed by atoms with Gasteiger partial charge >= 0.3 is 0 Å². The molecule has 0 aliphatic rings. The van der Waals surface area contributed by atoms with Crippen LogP contribution in [0.4, 0.5) is 0 Å². The van der Waals surface area contributed by atoms with Gasteiger partial charge in [0.15, 0.2) is 0 Å². The molecule has 4 heterocycles. The van der Waals surface area contributed by atoms with Gasteiger partial charge < -0.3 is 5.84 Å². The van der Waals surface area contributed by atoms with Gasteiger partial charge in [-0.1, -0.05) is 6.07 Å². The van der Waals surface area contributed by atoms with Crippen molar-refractivity contribution >= 4 is 21.7 Å². The minimum absolute atomic E-state index is 0.284. The minimum atomic E-state index is -0.399. The zero-order chi connectivity index (χ0) is 16.0. The smallest absolute Gasteiger partial charge is 0.278 e. The molecule has 7 nitrogen and oxygen atoms in total. The number of hydrogen-bond acceptors (Lipinski definition) is 5. The summed E-state index contributed by atoms with van der Waals surface area (Å²) in [4.78, 5) is 33.4. The number of hydrogen-bond donors (Lipinski definition) is 1. The lowest BCUT2D eigenvalue weighted by Crippen LogP contribution is -2.27. The Hall–Kier alpha value is -3.48. The quantitative estimate of drug-likeness (QED) is 0.415. The van der Waals surface area contributed by atoms with Crippen LogP contribution in [-0.2, 0) is 0 Å². The van der Waals surface area contributed by atoms with E-state index in [-0.39, 0.29) is 5.56 Å². The van der Waals surface area contributed by atoms with E-state index in [4.69, 9.17) is 5.84 Å². The van der Waals surface area contributed by atoms with Crippen LogP contribution in [0.1, 0.15) is 0 Å². The molecule has 0 radical (unpaired) electrons. The van der Waals surface area contributed by atoms with Crippen molar-refractivity contribution in [2.24, 2.45) is 0 Å². The number of rotatable bonds is 1.